The molecule has 1 amide bonds. The van der Waals surface area contributed by atoms with Crippen LogP contribution in [0.25, 0.3) is 11.1 Å². The van der Waals surface area contributed by atoms with Crippen molar-refractivity contribution in [1.82, 2.24) is 4.90 Å². The predicted molar refractivity (Wildman–Crippen MR) is 136 cm³/mol. The molecule has 0 saturated carbocycles. The molecular weight excluding hydrogens is 394 g/mol. The Hall–Kier alpha value is -2.29. The maximum absolute atomic E-state index is 13.1. The Kier molecular flexibility index (Phi) is 7.54. The van der Waals surface area contributed by atoms with Crippen molar-refractivity contribution < 1.29 is 9.53 Å². The molecule has 32 heavy (non-hydrogen) atoms. The summed E-state index contributed by atoms with van der Waals surface area (Å²) >= 11 is 0. The van der Waals surface area contributed by atoms with Crippen molar-refractivity contribution in [2.75, 3.05) is 13.1 Å². The van der Waals surface area contributed by atoms with Gasteiger partial charge in [-0.2, -0.15) is 0 Å². The first-order valence-electron chi connectivity index (χ1n) is 11.8. The maximum atomic E-state index is 13.1. The molecule has 0 heterocycles. The zero-order chi connectivity index (χ0) is 24.6. The Morgan fingerprint density at radius 2 is 1.41 bits per heavy atom. The van der Waals surface area contributed by atoms with Crippen molar-refractivity contribution in [2.45, 2.75) is 93.9 Å². The van der Waals surface area contributed by atoms with Gasteiger partial charge in [-0.1, -0.05) is 53.7 Å². The fourth-order valence-corrected chi connectivity index (χ4v) is 3.93. The molecule has 0 atom stereocenters. The van der Waals surface area contributed by atoms with Crippen LogP contribution in [0.5, 0.6) is 5.75 Å². The van der Waals surface area contributed by atoms with E-state index in [-0.39, 0.29) is 16.9 Å². The number of hydrogen-bond acceptors (Lipinski definition) is 2. The van der Waals surface area contributed by atoms with Crippen LogP contribution in [0.1, 0.15) is 88.8 Å². The van der Waals surface area contributed by atoms with Gasteiger partial charge in [-0.05, 0) is 91.8 Å². The molecule has 0 fully saturated rings. The van der Waals surface area contributed by atoms with Crippen molar-refractivity contribution in [2.24, 2.45) is 0 Å². The highest BCUT2D eigenvalue weighted by Crippen LogP contribution is 2.45. The van der Waals surface area contributed by atoms with Gasteiger partial charge in [0.05, 0.1) is 0 Å². The molecular formula is C29H42NO2. The molecule has 0 aliphatic heterocycles. The summed E-state index contributed by atoms with van der Waals surface area (Å²) in [5.74, 6) is 0.669. The Bertz CT molecular complexity index is 1000. The second kappa shape index (κ2) is 9.29. The van der Waals surface area contributed by atoms with Gasteiger partial charge < -0.3 is 9.64 Å². The SMILES string of the molecule is CCN(CC)C(=O)Oc1c(C(C)(C)C)cc(C)c(C)c1-c1[c]c(C(C)(C)C)cc(C)c1C. The van der Waals surface area contributed by atoms with Crippen LogP contribution in [0, 0.1) is 33.8 Å². The van der Waals surface area contributed by atoms with Gasteiger partial charge in [-0.25, -0.2) is 4.79 Å². The summed E-state index contributed by atoms with van der Waals surface area (Å²) in [6.07, 6.45) is -0.300. The number of carbonyl (C=O) groups excluding carboxylic acids is 1. The molecule has 2 rings (SSSR count). The van der Waals surface area contributed by atoms with E-state index in [0.717, 1.165) is 27.8 Å². The fraction of sp³-hybridized carbons (Fsp3) is 0.552. The molecule has 2 aromatic rings. The van der Waals surface area contributed by atoms with Gasteiger partial charge in [-0.3, -0.25) is 0 Å². The number of nitrogens with zero attached hydrogens (tertiary/aromatic N) is 1. The quantitative estimate of drug-likeness (QED) is 0.489. The molecule has 1 radical (unpaired) electrons. The zero-order valence-electron chi connectivity index (χ0n) is 22.3. The lowest BCUT2D eigenvalue weighted by Gasteiger charge is -2.29. The number of rotatable bonds is 4. The highest BCUT2D eigenvalue weighted by molar-refractivity contribution is 5.84. The molecule has 0 aliphatic rings. The summed E-state index contributed by atoms with van der Waals surface area (Å²) in [5.41, 5.74) is 8.73. The number of hydrogen-bond donors (Lipinski definition) is 0. The molecule has 0 unspecified atom stereocenters. The number of amides is 1. The number of benzene rings is 2. The van der Waals surface area contributed by atoms with Gasteiger partial charge in [-0.15, -0.1) is 0 Å². The first kappa shape index (κ1) is 26.0. The first-order chi connectivity index (χ1) is 14.6. The van der Waals surface area contributed by atoms with E-state index in [9.17, 15) is 4.79 Å². The topological polar surface area (TPSA) is 29.5 Å². The standard InChI is InChI=1S/C29H42NO2/c1-13-30(14-2)27(31)32-26-24(29(10,11)12)16-19(4)21(6)25(26)23-17-22(28(7,8)9)15-18(3)20(23)5/h15-16H,13-14H2,1-12H3. The third-order valence-electron chi connectivity index (χ3n) is 6.46. The maximum Gasteiger partial charge on any atom is 0.415 e. The molecule has 0 bridgehead atoms. The van der Waals surface area contributed by atoms with Crippen LogP contribution < -0.4 is 4.74 Å². The van der Waals surface area contributed by atoms with E-state index in [1.165, 1.54) is 16.7 Å². The summed E-state index contributed by atoms with van der Waals surface area (Å²) in [7, 11) is 0. The normalized spacial score (nSPS) is 12.1. The van der Waals surface area contributed by atoms with E-state index in [4.69, 9.17) is 4.74 Å². The van der Waals surface area contributed by atoms with Crippen LogP contribution in [0.2, 0.25) is 0 Å². The molecule has 0 aromatic heterocycles. The van der Waals surface area contributed by atoms with Gasteiger partial charge in [0.2, 0.25) is 0 Å². The van der Waals surface area contributed by atoms with Crippen molar-refractivity contribution in [3.8, 4) is 16.9 Å². The first-order valence-corrected chi connectivity index (χ1v) is 11.8. The Labute approximate surface area is 196 Å². The molecule has 3 heteroatoms. The van der Waals surface area contributed by atoms with E-state index in [0.29, 0.717) is 18.8 Å². The number of aryl methyl sites for hydroxylation is 2. The lowest BCUT2D eigenvalue weighted by Crippen LogP contribution is -2.34. The highest BCUT2D eigenvalue weighted by Gasteiger charge is 2.29. The van der Waals surface area contributed by atoms with Gasteiger partial charge in [0.15, 0.2) is 0 Å². The second-order valence-corrected chi connectivity index (χ2v) is 11.0. The minimum Gasteiger partial charge on any atom is -0.409 e. The summed E-state index contributed by atoms with van der Waals surface area (Å²) in [6.45, 7) is 26.9. The van der Waals surface area contributed by atoms with Crippen molar-refractivity contribution >= 4 is 6.09 Å². The van der Waals surface area contributed by atoms with Crippen molar-refractivity contribution in [3.63, 3.8) is 0 Å². The van der Waals surface area contributed by atoms with Crippen molar-refractivity contribution in [1.29, 1.82) is 0 Å². The highest BCUT2D eigenvalue weighted by atomic mass is 16.6. The minimum atomic E-state index is -0.300. The largest absolute Gasteiger partial charge is 0.415 e. The van der Waals surface area contributed by atoms with E-state index in [1.54, 1.807) is 4.90 Å². The Morgan fingerprint density at radius 3 is 1.88 bits per heavy atom. The lowest BCUT2D eigenvalue weighted by atomic mass is 9.78. The Morgan fingerprint density at radius 1 is 0.875 bits per heavy atom. The second-order valence-electron chi connectivity index (χ2n) is 11.0. The zero-order valence-corrected chi connectivity index (χ0v) is 22.3. The van der Waals surface area contributed by atoms with E-state index in [1.807, 2.05) is 13.8 Å². The van der Waals surface area contributed by atoms with Crippen LogP contribution in [0.3, 0.4) is 0 Å². The predicted octanol–water partition coefficient (Wildman–Crippen LogP) is 7.82. The van der Waals surface area contributed by atoms with Crippen LogP contribution in [-0.4, -0.2) is 24.1 Å². The summed E-state index contributed by atoms with van der Waals surface area (Å²) < 4.78 is 6.22. The van der Waals surface area contributed by atoms with Gasteiger partial charge in [0.25, 0.3) is 0 Å². The molecule has 0 spiro atoms. The number of carbonyl (C=O) groups is 1. The van der Waals surface area contributed by atoms with Crippen LogP contribution >= 0.6 is 0 Å². The number of ether oxygens (including phenoxy) is 1. The molecule has 3 nitrogen and oxygen atoms in total. The third-order valence-corrected chi connectivity index (χ3v) is 6.46. The third kappa shape index (κ3) is 5.19. The average Bonchev–Trinajstić information content (AvgIpc) is 2.66. The van der Waals surface area contributed by atoms with E-state index >= 15 is 0 Å². The average molecular weight is 437 g/mol. The smallest absolute Gasteiger partial charge is 0.409 e. The Balaban J connectivity index is 2.96. The molecule has 0 saturated heterocycles. The summed E-state index contributed by atoms with van der Waals surface area (Å²) in [5, 5.41) is 0. The monoisotopic (exact) mass is 436 g/mol. The van der Waals surface area contributed by atoms with Crippen molar-refractivity contribution in [3.05, 3.63) is 51.6 Å². The molecule has 0 aliphatic carbocycles. The molecule has 2 aromatic carbocycles. The molecule has 0 N–H and O–H groups in total. The van der Waals surface area contributed by atoms with Gasteiger partial charge >= 0.3 is 6.09 Å². The van der Waals surface area contributed by atoms with Gasteiger partial charge in [0.1, 0.15) is 5.75 Å². The molecule has 175 valence electrons. The van der Waals surface area contributed by atoms with Crippen LogP contribution in [0.4, 0.5) is 4.79 Å². The van der Waals surface area contributed by atoms with Gasteiger partial charge in [0, 0.05) is 24.2 Å². The van der Waals surface area contributed by atoms with Crippen LogP contribution in [0.15, 0.2) is 12.1 Å². The lowest BCUT2D eigenvalue weighted by molar-refractivity contribution is 0.156. The summed E-state index contributed by atoms with van der Waals surface area (Å²) in [4.78, 5) is 14.8. The fourth-order valence-electron chi connectivity index (χ4n) is 3.93. The summed E-state index contributed by atoms with van der Waals surface area (Å²) in [6, 6.07) is 8.13. The van der Waals surface area contributed by atoms with Crippen LogP contribution in [-0.2, 0) is 10.8 Å². The van der Waals surface area contributed by atoms with E-state index < -0.39 is 0 Å². The van der Waals surface area contributed by atoms with E-state index in [2.05, 4.69) is 87.4 Å². The minimum absolute atomic E-state index is 0.0319.